The van der Waals surface area contributed by atoms with Crippen LogP contribution in [0, 0.1) is 0 Å². The molecule has 0 amide bonds. The van der Waals surface area contributed by atoms with Crippen molar-refractivity contribution in [1.29, 1.82) is 0 Å². The van der Waals surface area contributed by atoms with Gasteiger partial charge in [0.15, 0.2) is 5.75 Å². The molecule has 1 aliphatic heterocycles. The number of hydrogen-bond donors (Lipinski definition) is 1. The van der Waals surface area contributed by atoms with Crippen LogP contribution in [0.3, 0.4) is 0 Å². The predicted octanol–water partition coefficient (Wildman–Crippen LogP) is 2.38. The number of piperidine rings is 1. The molecule has 4 rings (SSSR count). The van der Waals surface area contributed by atoms with Crippen molar-refractivity contribution in [2.75, 3.05) is 24.7 Å². The van der Waals surface area contributed by atoms with Crippen molar-refractivity contribution in [3.8, 4) is 11.5 Å². The van der Waals surface area contributed by atoms with Gasteiger partial charge in [0.1, 0.15) is 11.4 Å². The molecule has 0 bridgehead atoms. The molecule has 1 saturated heterocycles. The highest BCUT2D eigenvalue weighted by molar-refractivity contribution is 7.88. The van der Waals surface area contributed by atoms with Crippen molar-refractivity contribution in [3.63, 3.8) is 0 Å². The van der Waals surface area contributed by atoms with Crippen LogP contribution in [0.25, 0.3) is 11.0 Å². The minimum Gasteiger partial charge on any atom is -0.452 e. The molecule has 1 aromatic carbocycles. The summed E-state index contributed by atoms with van der Waals surface area (Å²) in [4.78, 5) is 21.6. The molecular weight excluding hydrogens is 442 g/mol. The van der Waals surface area contributed by atoms with E-state index in [0.717, 1.165) is 0 Å². The Morgan fingerprint density at radius 2 is 1.84 bits per heavy atom. The number of aromatic nitrogens is 3. The van der Waals surface area contributed by atoms with E-state index in [-0.39, 0.29) is 29.8 Å². The van der Waals surface area contributed by atoms with E-state index in [9.17, 15) is 13.2 Å². The Bertz CT molecular complexity index is 1230. The van der Waals surface area contributed by atoms with Crippen LogP contribution in [0.1, 0.15) is 12.8 Å². The Kier molecular flexibility index (Phi) is 6.83. The van der Waals surface area contributed by atoms with Crippen molar-refractivity contribution >= 4 is 39.4 Å². The van der Waals surface area contributed by atoms with Gasteiger partial charge in [-0.1, -0.05) is 18.2 Å². The number of ether oxygens (including phenoxy) is 1. The molecule has 166 valence electrons. The van der Waals surface area contributed by atoms with Crippen LogP contribution in [0.4, 0.5) is 5.95 Å². The van der Waals surface area contributed by atoms with E-state index >= 15 is 0 Å². The van der Waals surface area contributed by atoms with Gasteiger partial charge in [0, 0.05) is 37.8 Å². The van der Waals surface area contributed by atoms with Gasteiger partial charge in [-0.15, -0.1) is 12.4 Å². The van der Waals surface area contributed by atoms with E-state index in [0.29, 0.717) is 48.7 Å². The van der Waals surface area contributed by atoms with E-state index < -0.39 is 10.0 Å². The topological polar surface area (TPSA) is 106 Å². The SMILES string of the molecule is Cl.Cn1c(=O)c(Oc2ccccc2)cc2cnc(NC3CCN(S(C)(=O)=O)CC3)nc21. The lowest BCUT2D eigenvalue weighted by atomic mass is 10.1. The summed E-state index contributed by atoms with van der Waals surface area (Å²) in [5, 5.41) is 3.94. The Morgan fingerprint density at radius 3 is 2.48 bits per heavy atom. The lowest BCUT2D eigenvalue weighted by Gasteiger charge is -2.30. The number of sulfonamides is 1. The second-order valence-electron chi connectivity index (χ2n) is 7.34. The number of halogens is 1. The van der Waals surface area contributed by atoms with Gasteiger partial charge >= 0.3 is 0 Å². The van der Waals surface area contributed by atoms with E-state index in [2.05, 4.69) is 15.3 Å². The minimum atomic E-state index is -3.16. The van der Waals surface area contributed by atoms with Crippen molar-refractivity contribution in [2.45, 2.75) is 18.9 Å². The number of nitrogens with one attached hydrogen (secondary N) is 1. The van der Waals surface area contributed by atoms with E-state index in [4.69, 9.17) is 4.74 Å². The summed E-state index contributed by atoms with van der Waals surface area (Å²) in [6.45, 7) is 0.922. The van der Waals surface area contributed by atoms with E-state index in [1.165, 1.54) is 15.1 Å². The van der Waals surface area contributed by atoms with Crippen LogP contribution in [0.15, 0.2) is 47.4 Å². The van der Waals surface area contributed by atoms with Gasteiger partial charge in [-0.25, -0.2) is 17.7 Å². The van der Waals surface area contributed by atoms with Crippen molar-refractivity contribution in [2.24, 2.45) is 7.05 Å². The summed E-state index contributed by atoms with van der Waals surface area (Å²) >= 11 is 0. The van der Waals surface area contributed by atoms with Crippen LogP contribution >= 0.6 is 12.4 Å². The zero-order valence-corrected chi connectivity index (χ0v) is 18.8. The first-order valence-electron chi connectivity index (χ1n) is 9.62. The number of hydrogen-bond acceptors (Lipinski definition) is 7. The van der Waals surface area contributed by atoms with Gasteiger partial charge < -0.3 is 10.1 Å². The summed E-state index contributed by atoms with van der Waals surface area (Å²) < 4.78 is 31.9. The molecule has 0 atom stereocenters. The number of para-hydroxylation sites is 1. The lowest BCUT2D eigenvalue weighted by Crippen LogP contribution is -2.42. The smallest absolute Gasteiger partial charge is 0.294 e. The maximum Gasteiger partial charge on any atom is 0.294 e. The molecule has 0 radical (unpaired) electrons. The van der Waals surface area contributed by atoms with Crippen LogP contribution in [0.5, 0.6) is 11.5 Å². The van der Waals surface area contributed by atoms with Crippen molar-refractivity contribution in [3.05, 3.63) is 52.9 Å². The molecule has 0 unspecified atom stereocenters. The average Bonchev–Trinajstić information content (AvgIpc) is 2.73. The zero-order valence-electron chi connectivity index (χ0n) is 17.2. The maximum atomic E-state index is 12.7. The number of pyridine rings is 1. The number of anilines is 1. The van der Waals surface area contributed by atoms with Gasteiger partial charge in [0.05, 0.1) is 6.26 Å². The number of rotatable bonds is 5. The van der Waals surface area contributed by atoms with Gasteiger partial charge in [0.25, 0.3) is 5.56 Å². The molecule has 0 saturated carbocycles. The van der Waals surface area contributed by atoms with Gasteiger partial charge in [-0.3, -0.25) is 9.36 Å². The van der Waals surface area contributed by atoms with Crippen LogP contribution in [-0.2, 0) is 17.1 Å². The molecule has 2 aromatic heterocycles. The molecule has 11 heteroatoms. The molecule has 1 N–H and O–H groups in total. The fourth-order valence-electron chi connectivity index (χ4n) is 3.49. The Morgan fingerprint density at radius 1 is 1.16 bits per heavy atom. The van der Waals surface area contributed by atoms with Crippen molar-refractivity contribution in [1.82, 2.24) is 18.8 Å². The maximum absolute atomic E-state index is 12.7. The zero-order chi connectivity index (χ0) is 21.3. The molecule has 9 nitrogen and oxygen atoms in total. The highest BCUT2D eigenvalue weighted by Crippen LogP contribution is 2.22. The molecule has 0 spiro atoms. The van der Waals surface area contributed by atoms with Gasteiger partial charge in [-0.05, 0) is 31.0 Å². The summed E-state index contributed by atoms with van der Waals surface area (Å²) in [5.74, 6) is 1.19. The third kappa shape index (κ3) is 5.15. The third-order valence-corrected chi connectivity index (χ3v) is 6.45. The monoisotopic (exact) mass is 465 g/mol. The summed E-state index contributed by atoms with van der Waals surface area (Å²) in [5.41, 5.74) is 0.198. The minimum absolute atomic E-state index is 0. The lowest BCUT2D eigenvalue weighted by molar-refractivity contribution is 0.331. The molecule has 3 heterocycles. The van der Waals surface area contributed by atoms with Gasteiger partial charge in [0.2, 0.25) is 16.0 Å². The van der Waals surface area contributed by atoms with Crippen LogP contribution in [0.2, 0.25) is 0 Å². The summed E-state index contributed by atoms with van der Waals surface area (Å²) in [6, 6.07) is 10.8. The summed E-state index contributed by atoms with van der Waals surface area (Å²) in [6.07, 6.45) is 4.20. The molecule has 1 aliphatic rings. The first-order valence-corrected chi connectivity index (χ1v) is 11.5. The molecular formula is C20H24ClN5O4S. The predicted molar refractivity (Wildman–Crippen MR) is 122 cm³/mol. The first kappa shape index (κ1) is 23.0. The molecule has 3 aromatic rings. The second-order valence-corrected chi connectivity index (χ2v) is 9.32. The molecule has 0 aliphatic carbocycles. The standard InChI is InChI=1S/C20H23N5O4S.ClH/c1-24-18-14(12-17(19(24)26)29-16-6-4-3-5-7-16)13-21-20(23-18)22-15-8-10-25(11-9-15)30(2,27)28;/h3-7,12-13,15H,8-11H2,1-2H3,(H,21,22,23);1H. The highest BCUT2D eigenvalue weighted by atomic mass is 35.5. The average molecular weight is 466 g/mol. The van der Waals surface area contributed by atoms with Crippen molar-refractivity contribution < 1.29 is 13.2 Å². The Balaban J connectivity index is 0.00000272. The number of fused-ring (bicyclic) bond motifs is 1. The first-order chi connectivity index (χ1) is 14.3. The molecule has 1 fully saturated rings. The largest absolute Gasteiger partial charge is 0.452 e. The van der Waals surface area contributed by atoms with E-state index in [1.807, 2.05) is 18.2 Å². The molecule has 31 heavy (non-hydrogen) atoms. The Labute approximate surface area is 186 Å². The normalized spacial score (nSPS) is 15.4. The van der Waals surface area contributed by atoms with Crippen LogP contribution < -0.4 is 15.6 Å². The third-order valence-electron chi connectivity index (χ3n) is 5.14. The Hall–Kier alpha value is -2.69. The number of aryl methyl sites for hydroxylation is 1. The second kappa shape index (κ2) is 9.21. The van der Waals surface area contributed by atoms with Gasteiger partial charge in [-0.2, -0.15) is 4.98 Å². The number of benzene rings is 1. The van der Waals surface area contributed by atoms with E-state index in [1.54, 1.807) is 31.4 Å². The number of nitrogens with zero attached hydrogens (tertiary/aromatic N) is 4. The quantitative estimate of drug-likeness (QED) is 0.616. The van der Waals surface area contributed by atoms with Crippen LogP contribution in [-0.4, -0.2) is 52.6 Å². The highest BCUT2D eigenvalue weighted by Gasteiger charge is 2.25. The summed E-state index contributed by atoms with van der Waals surface area (Å²) in [7, 11) is -1.52. The fourth-order valence-corrected chi connectivity index (χ4v) is 4.36. The fraction of sp³-hybridized carbons (Fsp3) is 0.350.